The van der Waals surface area contributed by atoms with Crippen molar-refractivity contribution in [1.29, 1.82) is 0 Å². The fourth-order valence-corrected chi connectivity index (χ4v) is 9.54. The van der Waals surface area contributed by atoms with Gasteiger partial charge in [0.05, 0.1) is 20.2 Å². The predicted molar refractivity (Wildman–Crippen MR) is 294 cm³/mol. The Hall–Kier alpha value is -0.500. The van der Waals surface area contributed by atoms with Crippen LogP contribution in [0, 0.1) is 0 Å². The van der Waals surface area contributed by atoms with Crippen molar-refractivity contribution in [2.75, 3.05) is 38.7 Å². The van der Waals surface area contributed by atoms with Crippen molar-refractivity contribution in [3.63, 3.8) is 0 Å². The molecular formula is C56H108CaN2O8S2. The molecule has 0 saturated heterocycles. The van der Waals surface area contributed by atoms with Gasteiger partial charge < -0.3 is 18.9 Å². The van der Waals surface area contributed by atoms with Crippen LogP contribution in [-0.2, 0) is 29.8 Å². The molecular weight excluding hydrogens is 933 g/mol. The molecule has 13 heteroatoms. The molecule has 0 unspecified atom stereocenters. The SMILES string of the molecule is CCCCCCCCCCCCCCCCCCCC/C=C/C(=O)N(C)CCCCS(=O)(=O)[O-].CCCCCCCCCCCCCCCCCCCC/C=C/C(=O)N(C)CCCCS(=O)(=O)[O-].[Ca+2]. The van der Waals surface area contributed by atoms with E-state index in [4.69, 9.17) is 0 Å². The van der Waals surface area contributed by atoms with Crippen molar-refractivity contribution in [3.8, 4) is 0 Å². The summed E-state index contributed by atoms with van der Waals surface area (Å²) in [6.45, 7) is 5.50. The molecule has 0 spiro atoms. The molecule has 0 N–H and O–H groups in total. The van der Waals surface area contributed by atoms with Gasteiger partial charge >= 0.3 is 37.7 Å². The van der Waals surface area contributed by atoms with Gasteiger partial charge in [-0.1, -0.05) is 244 Å². The third-order valence-electron chi connectivity index (χ3n) is 13.0. The fourth-order valence-electron chi connectivity index (χ4n) is 8.43. The van der Waals surface area contributed by atoms with Gasteiger partial charge in [-0.25, -0.2) is 16.8 Å². The third kappa shape index (κ3) is 63.6. The summed E-state index contributed by atoms with van der Waals surface area (Å²) in [5.74, 6) is -0.839. The van der Waals surface area contributed by atoms with Crippen LogP contribution in [0.3, 0.4) is 0 Å². The molecule has 10 nitrogen and oxygen atoms in total. The zero-order valence-corrected chi connectivity index (χ0v) is 49.4. The monoisotopic (exact) mass is 1040 g/mol. The molecule has 0 radical (unpaired) electrons. The molecule has 0 bridgehead atoms. The Kier molecular flexibility index (Phi) is 58.3. The molecule has 0 heterocycles. The summed E-state index contributed by atoms with van der Waals surface area (Å²) < 4.78 is 63.4. The first kappa shape index (κ1) is 72.7. The second-order valence-electron chi connectivity index (χ2n) is 19.9. The van der Waals surface area contributed by atoms with Gasteiger partial charge in [-0.2, -0.15) is 0 Å². The molecule has 404 valence electrons. The number of hydrogen-bond donors (Lipinski definition) is 0. The number of nitrogens with zero attached hydrogens (tertiary/aromatic N) is 2. The zero-order valence-electron chi connectivity index (χ0n) is 45.5. The minimum atomic E-state index is -4.15. The molecule has 0 aromatic rings. The number of carbonyl (C=O) groups is 2. The average molecular weight is 1040 g/mol. The van der Waals surface area contributed by atoms with E-state index in [9.17, 15) is 35.5 Å². The average Bonchev–Trinajstić information content (AvgIpc) is 3.29. The molecule has 0 atom stereocenters. The van der Waals surface area contributed by atoms with Crippen LogP contribution in [0.4, 0.5) is 0 Å². The summed E-state index contributed by atoms with van der Waals surface area (Å²) in [6, 6.07) is 0. The number of carbonyl (C=O) groups excluding carboxylic acids is 2. The van der Waals surface area contributed by atoms with Gasteiger partial charge in [0.15, 0.2) is 0 Å². The van der Waals surface area contributed by atoms with Crippen LogP contribution >= 0.6 is 0 Å². The molecule has 0 aromatic carbocycles. The van der Waals surface area contributed by atoms with Gasteiger partial charge in [0.1, 0.15) is 0 Å². The summed E-state index contributed by atoms with van der Waals surface area (Å²) in [5.41, 5.74) is 0. The van der Waals surface area contributed by atoms with Crippen molar-refractivity contribution >= 4 is 69.8 Å². The topological polar surface area (TPSA) is 155 Å². The van der Waals surface area contributed by atoms with E-state index in [0.29, 0.717) is 38.8 Å². The van der Waals surface area contributed by atoms with Crippen molar-refractivity contribution in [2.24, 2.45) is 0 Å². The molecule has 0 saturated carbocycles. The quantitative estimate of drug-likeness (QED) is 0.0252. The number of allylic oxidation sites excluding steroid dienone is 2. The maximum Gasteiger partial charge on any atom is 2.00 e. The van der Waals surface area contributed by atoms with Crippen LogP contribution in [0.2, 0.25) is 0 Å². The Morgan fingerprint density at radius 2 is 0.551 bits per heavy atom. The predicted octanol–water partition coefficient (Wildman–Crippen LogP) is 15.1. The van der Waals surface area contributed by atoms with E-state index in [1.54, 1.807) is 36.0 Å². The van der Waals surface area contributed by atoms with Crippen molar-refractivity contribution < 1.29 is 35.5 Å². The Bertz CT molecular complexity index is 1290. The van der Waals surface area contributed by atoms with Gasteiger partial charge in [-0.05, 0) is 63.5 Å². The smallest absolute Gasteiger partial charge is 0.748 e. The van der Waals surface area contributed by atoms with Crippen molar-refractivity contribution in [2.45, 2.75) is 284 Å². The number of unbranched alkanes of at least 4 members (excludes halogenated alkanes) is 38. The van der Waals surface area contributed by atoms with E-state index >= 15 is 0 Å². The van der Waals surface area contributed by atoms with Gasteiger partial charge in [0, 0.05) is 38.7 Å². The summed E-state index contributed by atoms with van der Waals surface area (Å²) in [6.07, 6.45) is 59.9. The maximum absolute atomic E-state index is 12.0. The van der Waals surface area contributed by atoms with Crippen LogP contribution < -0.4 is 0 Å². The van der Waals surface area contributed by atoms with Crippen molar-refractivity contribution in [1.82, 2.24) is 9.80 Å². The molecule has 0 fully saturated rings. The zero-order chi connectivity index (χ0) is 50.7. The summed E-state index contributed by atoms with van der Waals surface area (Å²) in [5, 5.41) is 0. The molecule has 0 aliphatic carbocycles. The number of likely N-dealkylation sites (N-methyl/N-ethyl adjacent to an activating group) is 2. The number of rotatable bonds is 50. The molecule has 2 amide bonds. The molecule has 0 aliphatic heterocycles. The van der Waals surface area contributed by atoms with Crippen LogP contribution in [0.5, 0.6) is 0 Å². The number of amides is 2. The van der Waals surface area contributed by atoms with E-state index in [-0.39, 0.29) is 61.1 Å². The Morgan fingerprint density at radius 3 is 0.754 bits per heavy atom. The Labute approximate surface area is 458 Å². The molecule has 0 aliphatic rings. The second kappa shape index (κ2) is 55.3. The molecule has 0 aromatic heterocycles. The maximum atomic E-state index is 12.0. The van der Waals surface area contributed by atoms with Gasteiger partial charge in [-0.3, -0.25) is 9.59 Å². The van der Waals surface area contributed by atoms with Gasteiger partial charge in [0.25, 0.3) is 0 Å². The van der Waals surface area contributed by atoms with E-state index in [2.05, 4.69) is 13.8 Å². The summed E-state index contributed by atoms with van der Waals surface area (Å²) in [4.78, 5) is 27.1. The van der Waals surface area contributed by atoms with Gasteiger partial charge in [0.2, 0.25) is 11.8 Å². The summed E-state index contributed by atoms with van der Waals surface area (Å²) >= 11 is 0. The van der Waals surface area contributed by atoms with E-state index in [1.807, 2.05) is 12.2 Å². The Balaban J connectivity index is -0.00000124. The summed E-state index contributed by atoms with van der Waals surface area (Å²) in [7, 11) is -4.90. The van der Waals surface area contributed by atoms with Crippen LogP contribution in [0.15, 0.2) is 24.3 Å². The third-order valence-corrected chi connectivity index (χ3v) is 14.6. The first-order chi connectivity index (χ1) is 32.7. The largest absolute Gasteiger partial charge is 2.00 e. The first-order valence-electron chi connectivity index (χ1n) is 28.4. The van der Waals surface area contributed by atoms with Crippen LogP contribution in [0.25, 0.3) is 0 Å². The second-order valence-corrected chi connectivity index (χ2v) is 22.9. The van der Waals surface area contributed by atoms with Crippen LogP contribution in [0.1, 0.15) is 284 Å². The minimum Gasteiger partial charge on any atom is -0.748 e. The fraction of sp³-hybridized carbons (Fsp3) is 0.893. The normalized spacial score (nSPS) is 11.8. The molecule has 69 heavy (non-hydrogen) atoms. The van der Waals surface area contributed by atoms with E-state index in [1.165, 1.54) is 218 Å². The standard InChI is InChI=1S/2C28H55NO4S.Ca/c2*1-3-4-5-6-7-8-9-10-11-12-13-14-15-16-17-18-19-20-21-22-25-28(30)29(2)26-23-24-27-34(31,32)33;/h2*22,25H,3-21,23-24,26-27H2,1-2H3,(H,31,32,33);/q;;+2/p-2/b2*25-22+;. The van der Waals surface area contributed by atoms with Gasteiger partial charge in [-0.15, -0.1) is 0 Å². The van der Waals surface area contributed by atoms with E-state index in [0.717, 1.165) is 25.7 Å². The van der Waals surface area contributed by atoms with Crippen LogP contribution in [-0.4, -0.2) is 124 Å². The van der Waals surface area contributed by atoms with Crippen molar-refractivity contribution in [3.05, 3.63) is 24.3 Å². The molecule has 0 rings (SSSR count). The number of hydrogen-bond acceptors (Lipinski definition) is 8. The first-order valence-corrected chi connectivity index (χ1v) is 31.6. The minimum absolute atomic E-state index is 0. The Morgan fingerprint density at radius 1 is 0.348 bits per heavy atom. The van der Waals surface area contributed by atoms with E-state index < -0.39 is 20.2 Å².